The van der Waals surface area contributed by atoms with Crippen LogP contribution in [-0.4, -0.2) is 90.9 Å². The molecule has 180 valence electrons. The van der Waals surface area contributed by atoms with Crippen LogP contribution in [0.25, 0.3) is 11.6 Å². The van der Waals surface area contributed by atoms with Crippen molar-refractivity contribution in [1.82, 2.24) is 14.8 Å². The van der Waals surface area contributed by atoms with Crippen LogP contribution in [0.4, 0.5) is 5.69 Å². The Morgan fingerprint density at radius 1 is 1.21 bits per heavy atom. The second-order valence-corrected chi connectivity index (χ2v) is 9.01. The van der Waals surface area contributed by atoms with E-state index < -0.39 is 6.10 Å². The molecule has 3 N–H and O–H groups in total. The van der Waals surface area contributed by atoms with Crippen molar-refractivity contribution in [1.29, 1.82) is 0 Å². The molecule has 3 aliphatic rings. The number of hydrogen-bond donors (Lipinski definition) is 3. The number of methoxy groups -OCH3 is 1. The molecule has 2 aromatic rings. The molecule has 3 aliphatic heterocycles. The topological polar surface area (TPSA) is 107 Å². The Labute approximate surface area is 198 Å². The summed E-state index contributed by atoms with van der Waals surface area (Å²) in [5, 5.41) is 13.5. The van der Waals surface area contributed by atoms with Gasteiger partial charge in [-0.1, -0.05) is 0 Å². The highest BCUT2D eigenvalue weighted by Crippen LogP contribution is 2.36. The number of fused-ring (bicyclic) bond motifs is 2. The van der Waals surface area contributed by atoms with E-state index in [2.05, 4.69) is 15.2 Å². The first-order chi connectivity index (χ1) is 16.4. The predicted molar refractivity (Wildman–Crippen MR) is 128 cm³/mol. The van der Waals surface area contributed by atoms with Gasteiger partial charge in [0.1, 0.15) is 5.75 Å². The van der Waals surface area contributed by atoms with E-state index in [1.54, 1.807) is 24.2 Å². The SMILES string of the molecule is COc1ccc2c(c1)/C(=C/c1[nH]c3c(c1C)C(=O)N(CC(O)CN1CCOCC1)CC3)C(=O)N2. The molecular formula is C25H30N4O5. The van der Waals surface area contributed by atoms with Gasteiger partial charge >= 0.3 is 0 Å². The number of benzene rings is 1. The minimum atomic E-state index is -0.613. The van der Waals surface area contributed by atoms with Crippen LogP contribution in [0.3, 0.4) is 0 Å². The first kappa shape index (κ1) is 22.6. The molecule has 1 aromatic heterocycles. The lowest BCUT2D eigenvalue weighted by molar-refractivity contribution is -0.110. The Hall–Kier alpha value is -3.14. The molecule has 0 radical (unpaired) electrons. The predicted octanol–water partition coefficient (Wildman–Crippen LogP) is 1.52. The fraction of sp³-hybridized carbons (Fsp3) is 0.440. The van der Waals surface area contributed by atoms with Crippen LogP contribution in [0.5, 0.6) is 5.75 Å². The molecule has 34 heavy (non-hydrogen) atoms. The Kier molecular flexibility index (Phi) is 6.16. The third kappa shape index (κ3) is 4.22. The van der Waals surface area contributed by atoms with Crippen LogP contribution >= 0.6 is 0 Å². The van der Waals surface area contributed by atoms with Crippen LogP contribution < -0.4 is 10.1 Å². The second-order valence-electron chi connectivity index (χ2n) is 9.01. The highest BCUT2D eigenvalue weighted by molar-refractivity contribution is 6.35. The molecule has 0 bridgehead atoms. The molecule has 1 fully saturated rings. The summed E-state index contributed by atoms with van der Waals surface area (Å²) < 4.78 is 10.7. The molecule has 1 atom stereocenters. The maximum absolute atomic E-state index is 13.3. The summed E-state index contributed by atoms with van der Waals surface area (Å²) in [5.41, 5.74) is 5.11. The van der Waals surface area contributed by atoms with Gasteiger partial charge in [-0.25, -0.2) is 0 Å². The number of ether oxygens (including phenoxy) is 2. The Bertz CT molecular complexity index is 1150. The van der Waals surface area contributed by atoms with Crippen LogP contribution in [0.2, 0.25) is 0 Å². The first-order valence-corrected chi connectivity index (χ1v) is 11.6. The van der Waals surface area contributed by atoms with Crippen molar-refractivity contribution in [2.24, 2.45) is 0 Å². The zero-order valence-electron chi connectivity index (χ0n) is 19.5. The van der Waals surface area contributed by atoms with Gasteiger partial charge in [0.2, 0.25) is 0 Å². The molecule has 0 spiro atoms. The minimum absolute atomic E-state index is 0.0846. The fourth-order valence-electron chi connectivity index (χ4n) is 4.96. The number of hydrogen-bond acceptors (Lipinski definition) is 6. The average Bonchev–Trinajstić information content (AvgIpc) is 3.32. The molecule has 2 amide bonds. The number of carbonyl (C=O) groups excluding carboxylic acids is 2. The summed E-state index contributed by atoms with van der Waals surface area (Å²) in [7, 11) is 1.59. The number of nitrogens with one attached hydrogen (secondary N) is 2. The third-order valence-electron chi connectivity index (χ3n) is 6.80. The number of nitrogens with zero attached hydrogens (tertiary/aromatic N) is 2. The number of anilines is 1. The number of aromatic nitrogens is 1. The largest absolute Gasteiger partial charge is 0.497 e. The van der Waals surface area contributed by atoms with E-state index in [9.17, 15) is 14.7 Å². The summed E-state index contributed by atoms with van der Waals surface area (Å²) in [6, 6.07) is 5.46. The lowest BCUT2D eigenvalue weighted by atomic mass is 10.0. The number of carbonyl (C=O) groups is 2. The van der Waals surface area contributed by atoms with Crippen LogP contribution in [-0.2, 0) is 16.0 Å². The Morgan fingerprint density at radius 2 is 2.00 bits per heavy atom. The van der Waals surface area contributed by atoms with Crippen molar-refractivity contribution < 1.29 is 24.2 Å². The van der Waals surface area contributed by atoms with Gasteiger partial charge < -0.3 is 29.8 Å². The van der Waals surface area contributed by atoms with Gasteiger partial charge in [0.25, 0.3) is 11.8 Å². The van der Waals surface area contributed by atoms with Crippen LogP contribution in [0, 0.1) is 6.92 Å². The van der Waals surface area contributed by atoms with E-state index in [4.69, 9.17) is 9.47 Å². The molecule has 9 nitrogen and oxygen atoms in total. The number of aliphatic hydroxyl groups excluding tert-OH is 1. The molecule has 1 unspecified atom stereocenters. The van der Waals surface area contributed by atoms with Gasteiger partial charge in [-0.05, 0) is 36.8 Å². The van der Waals surface area contributed by atoms with Gasteiger partial charge in [-0.2, -0.15) is 0 Å². The summed E-state index contributed by atoms with van der Waals surface area (Å²) in [6.45, 7) is 6.21. The van der Waals surface area contributed by atoms with Gasteiger partial charge in [-0.15, -0.1) is 0 Å². The summed E-state index contributed by atoms with van der Waals surface area (Å²) in [6.07, 6.45) is 1.86. The van der Waals surface area contributed by atoms with Gasteiger partial charge in [0.05, 0.1) is 37.6 Å². The standard InChI is InChI=1S/C25H30N4O5/c1-15-22(12-19-18-11-17(33-2)3-4-20(18)27-24(19)31)26-21-5-6-29(25(32)23(15)21)14-16(30)13-28-7-9-34-10-8-28/h3-4,11-12,16,26,30H,5-10,13-14H2,1-2H3,(H,27,31)/b19-12-. The van der Waals surface area contributed by atoms with Crippen molar-refractivity contribution in [3.63, 3.8) is 0 Å². The molecular weight excluding hydrogens is 436 g/mol. The van der Waals surface area contributed by atoms with E-state index in [1.165, 1.54) is 0 Å². The number of H-pyrrole nitrogens is 1. The summed E-state index contributed by atoms with van der Waals surface area (Å²) in [4.78, 5) is 33.2. The number of aromatic amines is 1. The fourth-order valence-corrected chi connectivity index (χ4v) is 4.96. The maximum atomic E-state index is 13.3. The average molecular weight is 467 g/mol. The minimum Gasteiger partial charge on any atom is -0.497 e. The van der Waals surface area contributed by atoms with Crippen LogP contribution in [0.15, 0.2) is 18.2 Å². The van der Waals surface area contributed by atoms with Gasteiger partial charge in [0, 0.05) is 61.8 Å². The molecule has 5 rings (SSSR count). The summed E-state index contributed by atoms with van der Waals surface area (Å²) >= 11 is 0. The zero-order valence-corrected chi connectivity index (χ0v) is 19.5. The van der Waals surface area contributed by atoms with Crippen molar-refractivity contribution in [2.45, 2.75) is 19.4 Å². The lowest BCUT2D eigenvalue weighted by Crippen LogP contribution is -2.47. The zero-order chi connectivity index (χ0) is 23.8. The third-order valence-corrected chi connectivity index (χ3v) is 6.80. The van der Waals surface area contributed by atoms with E-state index in [-0.39, 0.29) is 11.8 Å². The molecule has 0 aliphatic carbocycles. The molecule has 4 heterocycles. The van der Waals surface area contributed by atoms with Crippen molar-refractivity contribution in [3.8, 4) is 5.75 Å². The number of rotatable bonds is 6. The quantitative estimate of drug-likeness (QED) is 0.558. The molecule has 9 heteroatoms. The Morgan fingerprint density at radius 3 is 2.76 bits per heavy atom. The van der Waals surface area contributed by atoms with E-state index in [0.29, 0.717) is 56.2 Å². The number of morpholine rings is 1. The summed E-state index contributed by atoms with van der Waals surface area (Å²) in [5.74, 6) is 0.401. The monoisotopic (exact) mass is 466 g/mol. The van der Waals surface area contributed by atoms with Crippen molar-refractivity contribution in [2.75, 3.05) is 58.4 Å². The second kappa shape index (κ2) is 9.25. The van der Waals surface area contributed by atoms with Gasteiger partial charge in [-0.3, -0.25) is 14.5 Å². The highest BCUT2D eigenvalue weighted by atomic mass is 16.5. The van der Waals surface area contributed by atoms with E-state index >= 15 is 0 Å². The number of aliphatic hydroxyl groups is 1. The number of amides is 2. The number of β-amino-alcohol motifs (C(OH)–C–C–N with tert-alkyl or cyclic N) is 1. The van der Waals surface area contributed by atoms with Crippen molar-refractivity contribution in [3.05, 3.63) is 46.3 Å². The maximum Gasteiger partial charge on any atom is 0.256 e. The van der Waals surface area contributed by atoms with Crippen LogP contribution in [0.1, 0.15) is 32.9 Å². The molecule has 1 saturated heterocycles. The normalized spacial score (nSPS) is 20.3. The van der Waals surface area contributed by atoms with Crippen molar-refractivity contribution >= 4 is 29.2 Å². The lowest BCUT2D eigenvalue weighted by Gasteiger charge is -2.32. The molecule has 0 saturated carbocycles. The smallest absolute Gasteiger partial charge is 0.256 e. The highest BCUT2D eigenvalue weighted by Gasteiger charge is 2.32. The van der Waals surface area contributed by atoms with Gasteiger partial charge in [0.15, 0.2) is 0 Å². The van der Waals surface area contributed by atoms with E-state index in [1.807, 2.05) is 19.1 Å². The first-order valence-electron chi connectivity index (χ1n) is 11.6. The van der Waals surface area contributed by atoms with E-state index in [0.717, 1.165) is 41.3 Å². The molecule has 1 aromatic carbocycles. The Balaban J connectivity index is 1.36.